The van der Waals surface area contributed by atoms with E-state index >= 15 is 0 Å². The molecule has 0 spiro atoms. The minimum absolute atomic E-state index is 0.0327. The lowest BCUT2D eigenvalue weighted by Gasteiger charge is -2.06. The van der Waals surface area contributed by atoms with E-state index in [4.69, 9.17) is 4.42 Å². The van der Waals surface area contributed by atoms with Crippen molar-refractivity contribution in [3.05, 3.63) is 59.5 Å². The molecule has 0 aliphatic heterocycles. The second kappa shape index (κ2) is 5.34. The maximum Gasteiger partial charge on any atom is 0.251 e. The van der Waals surface area contributed by atoms with Crippen molar-refractivity contribution in [3.8, 4) is 0 Å². The molecule has 0 aliphatic carbocycles. The van der Waals surface area contributed by atoms with Crippen LogP contribution in [-0.2, 0) is 6.42 Å². The van der Waals surface area contributed by atoms with E-state index in [1.165, 1.54) is 0 Å². The lowest BCUT2D eigenvalue weighted by Crippen LogP contribution is -2.26. The highest BCUT2D eigenvalue weighted by Crippen LogP contribution is 2.06. The van der Waals surface area contributed by atoms with Crippen LogP contribution in [0.2, 0.25) is 0 Å². The number of nitrogens with one attached hydrogen (secondary N) is 1. The molecule has 0 aliphatic rings. The van der Waals surface area contributed by atoms with E-state index in [1.54, 1.807) is 6.26 Å². The van der Waals surface area contributed by atoms with Crippen LogP contribution in [0.5, 0.6) is 0 Å². The largest absolute Gasteiger partial charge is 0.469 e. The Kier molecular flexibility index (Phi) is 3.60. The van der Waals surface area contributed by atoms with E-state index in [9.17, 15) is 4.79 Å². The van der Waals surface area contributed by atoms with Gasteiger partial charge >= 0.3 is 0 Å². The first-order chi connectivity index (χ1) is 8.27. The SMILES string of the molecule is Cc1ccccc1C(=O)NCCc1ccco1. The van der Waals surface area contributed by atoms with Gasteiger partial charge in [-0.2, -0.15) is 0 Å². The van der Waals surface area contributed by atoms with Gasteiger partial charge in [-0.05, 0) is 30.7 Å². The molecule has 2 aromatic rings. The molecule has 17 heavy (non-hydrogen) atoms. The van der Waals surface area contributed by atoms with E-state index in [0.717, 1.165) is 16.9 Å². The molecule has 1 aromatic carbocycles. The van der Waals surface area contributed by atoms with E-state index in [0.29, 0.717) is 13.0 Å². The van der Waals surface area contributed by atoms with E-state index in [2.05, 4.69) is 5.32 Å². The lowest BCUT2D eigenvalue weighted by molar-refractivity contribution is 0.0953. The van der Waals surface area contributed by atoms with Crippen LogP contribution in [-0.4, -0.2) is 12.5 Å². The van der Waals surface area contributed by atoms with Crippen LogP contribution in [0.3, 0.4) is 0 Å². The van der Waals surface area contributed by atoms with Crippen LogP contribution in [0.4, 0.5) is 0 Å². The molecule has 0 saturated carbocycles. The van der Waals surface area contributed by atoms with Gasteiger partial charge in [0.1, 0.15) is 5.76 Å². The summed E-state index contributed by atoms with van der Waals surface area (Å²) in [5.41, 5.74) is 1.72. The summed E-state index contributed by atoms with van der Waals surface area (Å²) in [5.74, 6) is 0.852. The summed E-state index contributed by atoms with van der Waals surface area (Å²) in [5, 5.41) is 2.88. The number of carbonyl (C=O) groups excluding carboxylic acids is 1. The summed E-state index contributed by atoms with van der Waals surface area (Å²) >= 11 is 0. The molecule has 3 nitrogen and oxygen atoms in total. The number of carbonyl (C=O) groups is 1. The van der Waals surface area contributed by atoms with Crippen LogP contribution in [0.15, 0.2) is 47.1 Å². The van der Waals surface area contributed by atoms with Crippen molar-refractivity contribution in [2.45, 2.75) is 13.3 Å². The van der Waals surface area contributed by atoms with Gasteiger partial charge in [-0.25, -0.2) is 0 Å². The normalized spacial score (nSPS) is 10.2. The number of aryl methyl sites for hydroxylation is 1. The van der Waals surface area contributed by atoms with Crippen LogP contribution in [0.25, 0.3) is 0 Å². The Morgan fingerprint density at radius 1 is 1.24 bits per heavy atom. The molecule has 88 valence electrons. The fourth-order valence-corrected chi connectivity index (χ4v) is 1.68. The summed E-state index contributed by atoms with van der Waals surface area (Å²) in [6.07, 6.45) is 2.35. The third kappa shape index (κ3) is 2.97. The molecule has 0 saturated heterocycles. The Hall–Kier alpha value is -2.03. The summed E-state index contributed by atoms with van der Waals surface area (Å²) in [6.45, 7) is 2.52. The Balaban J connectivity index is 1.88. The van der Waals surface area contributed by atoms with Crippen molar-refractivity contribution >= 4 is 5.91 Å². The molecule has 0 radical (unpaired) electrons. The number of hydrogen-bond acceptors (Lipinski definition) is 2. The Morgan fingerprint density at radius 2 is 2.06 bits per heavy atom. The number of benzene rings is 1. The van der Waals surface area contributed by atoms with Crippen LogP contribution in [0.1, 0.15) is 21.7 Å². The molecule has 1 amide bonds. The molecular formula is C14H15NO2. The summed E-state index contributed by atoms with van der Waals surface area (Å²) in [4.78, 5) is 11.9. The molecule has 0 fully saturated rings. The van der Waals surface area contributed by atoms with Gasteiger partial charge in [-0.3, -0.25) is 4.79 Å². The first kappa shape index (κ1) is 11.5. The van der Waals surface area contributed by atoms with Crippen molar-refractivity contribution in [2.75, 3.05) is 6.54 Å². The molecule has 0 bridgehead atoms. The van der Waals surface area contributed by atoms with Gasteiger partial charge in [-0.1, -0.05) is 18.2 Å². The van der Waals surface area contributed by atoms with Gasteiger partial charge in [0, 0.05) is 18.5 Å². The molecule has 3 heteroatoms. The van der Waals surface area contributed by atoms with Crippen LogP contribution in [0, 0.1) is 6.92 Å². The topological polar surface area (TPSA) is 42.2 Å². The zero-order valence-electron chi connectivity index (χ0n) is 9.77. The maximum atomic E-state index is 11.9. The van der Waals surface area contributed by atoms with Gasteiger partial charge in [0.05, 0.1) is 6.26 Å². The first-order valence-electron chi connectivity index (χ1n) is 5.63. The van der Waals surface area contributed by atoms with Gasteiger partial charge in [0.15, 0.2) is 0 Å². The molecular weight excluding hydrogens is 214 g/mol. The third-order valence-electron chi connectivity index (χ3n) is 2.63. The summed E-state index contributed by atoms with van der Waals surface area (Å²) in [6, 6.07) is 11.3. The number of furan rings is 1. The highest BCUT2D eigenvalue weighted by Gasteiger charge is 2.07. The Morgan fingerprint density at radius 3 is 2.76 bits per heavy atom. The maximum absolute atomic E-state index is 11.9. The van der Waals surface area contributed by atoms with Gasteiger partial charge < -0.3 is 9.73 Å². The second-order valence-corrected chi connectivity index (χ2v) is 3.90. The Bertz CT molecular complexity index is 489. The molecule has 1 heterocycles. The van der Waals surface area contributed by atoms with Crippen molar-refractivity contribution in [2.24, 2.45) is 0 Å². The number of hydrogen-bond donors (Lipinski definition) is 1. The van der Waals surface area contributed by atoms with Gasteiger partial charge in [0.25, 0.3) is 5.91 Å². The van der Waals surface area contributed by atoms with E-state index in [1.807, 2.05) is 43.3 Å². The van der Waals surface area contributed by atoms with Crippen LogP contribution >= 0.6 is 0 Å². The van der Waals surface area contributed by atoms with E-state index < -0.39 is 0 Å². The fraction of sp³-hybridized carbons (Fsp3) is 0.214. The van der Waals surface area contributed by atoms with Gasteiger partial charge in [0.2, 0.25) is 0 Å². The first-order valence-corrected chi connectivity index (χ1v) is 5.63. The average Bonchev–Trinajstić information content (AvgIpc) is 2.82. The molecule has 1 N–H and O–H groups in total. The van der Waals surface area contributed by atoms with Crippen molar-refractivity contribution in [1.82, 2.24) is 5.32 Å². The lowest BCUT2D eigenvalue weighted by atomic mass is 10.1. The molecule has 0 atom stereocenters. The summed E-state index contributed by atoms with van der Waals surface area (Å²) in [7, 11) is 0. The highest BCUT2D eigenvalue weighted by molar-refractivity contribution is 5.95. The quantitative estimate of drug-likeness (QED) is 0.875. The molecule has 1 aromatic heterocycles. The molecule has 0 unspecified atom stereocenters. The number of amides is 1. The van der Waals surface area contributed by atoms with Gasteiger partial charge in [-0.15, -0.1) is 0 Å². The Labute approximate surface area is 100 Å². The summed E-state index contributed by atoms with van der Waals surface area (Å²) < 4.78 is 5.19. The predicted octanol–water partition coefficient (Wildman–Crippen LogP) is 2.56. The fourth-order valence-electron chi connectivity index (χ4n) is 1.68. The highest BCUT2D eigenvalue weighted by atomic mass is 16.3. The predicted molar refractivity (Wildman–Crippen MR) is 65.9 cm³/mol. The minimum Gasteiger partial charge on any atom is -0.469 e. The zero-order valence-corrected chi connectivity index (χ0v) is 9.77. The smallest absolute Gasteiger partial charge is 0.251 e. The van der Waals surface area contributed by atoms with Crippen LogP contribution < -0.4 is 5.32 Å². The molecule has 2 rings (SSSR count). The standard InChI is InChI=1S/C14H15NO2/c1-11-5-2-3-7-13(11)14(16)15-9-8-12-6-4-10-17-12/h2-7,10H,8-9H2,1H3,(H,15,16). The third-order valence-corrected chi connectivity index (χ3v) is 2.63. The van der Waals surface area contributed by atoms with E-state index in [-0.39, 0.29) is 5.91 Å². The van der Waals surface area contributed by atoms with Crippen molar-refractivity contribution < 1.29 is 9.21 Å². The van der Waals surface area contributed by atoms with Crippen molar-refractivity contribution in [3.63, 3.8) is 0 Å². The zero-order chi connectivity index (χ0) is 12.1. The second-order valence-electron chi connectivity index (χ2n) is 3.90. The monoisotopic (exact) mass is 229 g/mol. The average molecular weight is 229 g/mol. The minimum atomic E-state index is -0.0327. The number of rotatable bonds is 4. The van der Waals surface area contributed by atoms with Crippen molar-refractivity contribution in [1.29, 1.82) is 0 Å².